The molecule has 0 saturated heterocycles. The lowest BCUT2D eigenvalue weighted by molar-refractivity contribution is -0.678. The van der Waals surface area contributed by atoms with Crippen LogP contribution in [0.3, 0.4) is 0 Å². The summed E-state index contributed by atoms with van der Waals surface area (Å²) in [5, 5.41) is 0. The Labute approximate surface area is 125 Å². The Morgan fingerprint density at radius 3 is 2.15 bits per heavy atom. The highest BCUT2D eigenvalue weighted by Crippen LogP contribution is 2.14. The van der Waals surface area contributed by atoms with E-state index in [0.29, 0.717) is 0 Å². The predicted octanol–water partition coefficient (Wildman–Crippen LogP) is 5.11. The van der Waals surface area contributed by atoms with Crippen molar-refractivity contribution in [2.24, 2.45) is 0 Å². The van der Waals surface area contributed by atoms with E-state index in [4.69, 9.17) is 0 Å². The topological polar surface area (TPSA) is 8.81 Å². The summed E-state index contributed by atoms with van der Waals surface area (Å²) in [4.78, 5) is 0. The van der Waals surface area contributed by atoms with Crippen LogP contribution in [0, 0.1) is 6.92 Å². The molecular weight excluding hydrogens is 244 g/mol. The van der Waals surface area contributed by atoms with Crippen LogP contribution < -0.4 is 4.57 Å². The molecule has 0 aliphatic carbocycles. The lowest BCUT2D eigenvalue weighted by atomic mass is 10.3. The summed E-state index contributed by atoms with van der Waals surface area (Å²) in [6, 6.07) is 8.70. The number of aryl methyl sites for hydroxylation is 2. The van der Waals surface area contributed by atoms with E-state index in [9.17, 15) is 0 Å². The molecule has 2 rings (SSSR count). The molecule has 0 aliphatic rings. The summed E-state index contributed by atoms with van der Waals surface area (Å²) >= 11 is 0. The van der Waals surface area contributed by atoms with Gasteiger partial charge in [0.25, 0.3) is 5.82 Å². The van der Waals surface area contributed by atoms with Crippen molar-refractivity contribution in [2.45, 2.75) is 74.4 Å². The van der Waals surface area contributed by atoms with E-state index in [-0.39, 0.29) is 0 Å². The molecule has 0 bridgehead atoms. The van der Waals surface area contributed by atoms with E-state index in [0.717, 1.165) is 13.1 Å². The second kappa shape index (κ2) is 10.5. The molecular formula is C18H33N2+. The molecule has 0 amide bonds. The zero-order valence-electron chi connectivity index (χ0n) is 14.5. The fraction of sp³-hybridized carbons (Fsp3) is 0.611. The van der Waals surface area contributed by atoms with Crippen LogP contribution in [-0.2, 0) is 13.1 Å². The molecule has 0 N–H and O–H groups in total. The number of imidazole rings is 1. The van der Waals surface area contributed by atoms with Gasteiger partial charge in [-0.15, -0.1) is 0 Å². The third-order valence-corrected chi connectivity index (χ3v) is 3.30. The number of unbranched alkanes of at least 4 members (excludes halogenated alkanes) is 1. The van der Waals surface area contributed by atoms with Gasteiger partial charge in [0.2, 0.25) is 0 Å². The molecule has 1 aromatic carbocycles. The van der Waals surface area contributed by atoms with Gasteiger partial charge >= 0.3 is 0 Å². The van der Waals surface area contributed by atoms with Crippen LogP contribution in [0.15, 0.2) is 24.3 Å². The molecule has 1 heterocycles. The van der Waals surface area contributed by atoms with Gasteiger partial charge in [0.05, 0.1) is 13.1 Å². The summed E-state index contributed by atoms with van der Waals surface area (Å²) in [5.74, 6) is 1.37. The average molecular weight is 277 g/mol. The second-order valence-corrected chi connectivity index (χ2v) is 4.29. The lowest BCUT2D eigenvalue weighted by Gasteiger charge is -1.98. The molecule has 0 fully saturated rings. The van der Waals surface area contributed by atoms with Gasteiger partial charge < -0.3 is 0 Å². The summed E-state index contributed by atoms with van der Waals surface area (Å²) < 4.78 is 4.84. The van der Waals surface area contributed by atoms with Crippen molar-refractivity contribution in [3.63, 3.8) is 0 Å². The minimum Gasteiger partial charge on any atom is -0.228 e. The maximum absolute atomic E-state index is 2.45. The van der Waals surface area contributed by atoms with Gasteiger partial charge in [-0.2, -0.15) is 0 Å². The maximum atomic E-state index is 2.45. The SMILES string of the molecule is CC.CC.CCCC[n+]1c(C)n(CC)c2ccccc21. The first-order valence-corrected chi connectivity index (χ1v) is 8.27. The molecule has 1 aromatic heterocycles. The van der Waals surface area contributed by atoms with Crippen molar-refractivity contribution >= 4 is 11.0 Å². The zero-order chi connectivity index (χ0) is 15.5. The first-order valence-electron chi connectivity index (χ1n) is 8.27. The van der Waals surface area contributed by atoms with E-state index < -0.39 is 0 Å². The van der Waals surface area contributed by atoms with Gasteiger partial charge in [0.15, 0.2) is 11.0 Å². The van der Waals surface area contributed by atoms with Crippen LogP contribution in [-0.4, -0.2) is 4.57 Å². The normalized spacial score (nSPS) is 9.55. The van der Waals surface area contributed by atoms with Crippen molar-refractivity contribution in [1.82, 2.24) is 4.57 Å². The summed E-state index contributed by atoms with van der Waals surface area (Å²) in [6.45, 7) is 16.9. The standard InChI is InChI=1S/C14H21N2.2C2H6/c1-4-6-11-16-12(3)15(5-2)13-9-7-8-10-14(13)16;2*1-2/h7-10H,4-6,11H2,1-3H3;2*1-2H3/q+1;;. The predicted molar refractivity (Wildman–Crippen MR) is 90.1 cm³/mol. The Bertz CT molecular complexity index is 483. The van der Waals surface area contributed by atoms with Gasteiger partial charge in [0, 0.05) is 6.92 Å². The van der Waals surface area contributed by atoms with Gasteiger partial charge in [-0.3, -0.25) is 0 Å². The van der Waals surface area contributed by atoms with Crippen LogP contribution in [0.2, 0.25) is 0 Å². The van der Waals surface area contributed by atoms with E-state index in [1.54, 1.807) is 0 Å². The fourth-order valence-corrected chi connectivity index (χ4v) is 2.41. The van der Waals surface area contributed by atoms with Gasteiger partial charge in [0.1, 0.15) is 0 Å². The van der Waals surface area contributed by atoms with Crippen LogP contribution in [0.5, 0.6) is 0 Å². The molecule has 0 atom stereocenters. The number of benzene rings is 1. The van der Waals surface area contributed by atoms with Crippen LogP contribution >= 0.6 is 0 Å². The Morgan fingerprint density at radius 2 is 1.60 bits per heavy atom. The van der Waals surface area contributed by atoms with Gasteiger partial charge in [-0.1, -0.05) is 53.2 Å². The molecule has 2 aromatic rings. The van der Waals surface area contributed by atoms with Crippen LogP contribution in [0.25, 0.3) is 11.0 Å². The largest absolute Gasteiger partial charge is 0.254 e. The number of fused-ring (bicyclic) bond motifs is 1. The number of aromatic nitrogens is 2. The molecule has 0 radical (unpaired) electrons. The highest BCUT2D eigenvalue weighted by atomic mass is 15.2. The quantitative estimate of drug-likeness (QED) is 0.687. The highest BCUT2D eigenvalue weighted by molar-refractivity contribution is 5.72. The average Bonchev–Trinajstić information content (AvgIpc) is 2.80. The summed E-state index contributed by atoms with van der Waals surface area (Å²) in [5.41, 5.74) is 2.73. The minimum atomic E-state index is 1.05. The Balaban J connectivity index is 0.000000829. The first-order chi connectivity index (χ1) is 9.79. The number of hydrogen-bond donors (Lipinski definition) is 0. The Morgan fingerprint density at radius 1 is 1.00 bits per heavy atom. The molecule has 20 heavy (non-hydrogen) atoms. The molecule has 0 aliphatic heterocycles. The monoisotopic (exact) mass is 277 g/mol. The second-order valence-electron chi connectivity index (χ2n) is 4.29. The molecule has 2 heteroatoms. The molecule has 2 nitrogen and oxygen atoms in total. The maximum Gasteiger partial charge on any atom is 0.254 e. The Hall–Kier alpha value is -1.31. The zero-order valence-corrected chi connectivity index (χ0v) is 14.5. The van der Waals surface area contributed by atoms with Crippen molar-refractivity contribution in [1.29, 1.82) is 0 Å². The minimum absolute atomic E-state index is 1.05. The van der Waals surface area contributed by atoms with Crippen LogP contribution in [0.1, 0.15) is 60.2 Å². The molecule has 0 unspecified atom stereocenters. The number of rotatable bonds is 4. The van der Waals surface area contributed by atoms with Crippen LogP contribution in [0.4, 0.5) is 0 Å². The fourth-order valence-electron chi connectivity index (χ4n) is 2.41. The smallest absolute Gasteiger partial charge is 0.228 e. The molecule has 114 valence electrons. The van der Waals surface area contributed by atoms with Crippen molar-refractivity contribution < 1.29 is 4.57 Å². The van der Waals surface area contributed by atoms with Crippen molar-refractivity contribution in [2.75, 3.05) is 0 Å². The first kappa shape index (κ1) is 18.7. The Kier molecular flexibility index (Phi) is 9.79. The summed E-state index contributed by atoms with van der Waals surface area (Å²) in [7, 11) is 0. The van der Waals surface area contributed by atoms with E-state index >= 15 is 0 Å². The molecule has 0 spiro atoms. The lowest BCUT2D eigenvalue weighted by Crippen LogP contribution is -2.36. The van der Waals surface area contributed by atoms with Crippen molar-refractivity contribution in [3.8, 4) is 0 Å². The third kappa shape index (κ3) is 4.09. The van der Waals surface area contributed by atoms with E-state index in [1.807, 2.05) is 27.7 Å². The van der Waals surface area contributed by atoms with Gasteiger partial charge in [-0.05, 0) is 25.5 Å². The highest BCUT2D eigenvalue weighted by Gasteiger charge is 2.18. The van der Waals surface area contributed by atoms with Gasteiger partial charge in [-0.25, -0.2) is 9.13 Å². The third-order valence-electron chi connectivity index (χ3n) is 3.30. The van der Waals surface area contributed by atoms with E-state index in [2.05, 4.69) is 54.2 Å². The number of nitrogens with zero attached hydrogens (tertiary/aromatic N) is 2. The summed E-state index contributed by atoms with van der Waals surface area (Å²) in [6.07, 6.45) is 2.50. The van der Waals surface area contributed by atoms with E-state index in [1.165, 1.54) is 29.7 Å². The number of hydrogen-bond acceptors (Lipinski definition) is 0. The van der Waals surface area contributed by atoms with Crippen molar-refractivity contribution in [3.05, 3.63) is 30.1 Å². The number of para-hydroxylation sites is 2. The molecule has 0 saturated carbocycles.